The van der Waals surface area contributed by atoms with Crippen LogP contribution in [0.4, 0.5) is 18.9 Å². The number of hydrogen-bond acceptors (Lipinski definition) is 4. The number of hydrogen-bond donors (Lipinski definition) is 2. The lowest BCUT2D eigenvalue weighted by Crippen LogP contribution is -2.39. The molecule has 8 heteroatoms. The van der Waals surface area contributed by atoms with Gasteiger partial charge in [0.15, 0.2) is 0 Å². The van der Waals surface area contributed by atoms with Crippen LogP contribution in [0.5, 0.6) is 0 Å². The number of alkyl halides is 3. The van der Waals surface area contributed by atoms with E-state index in [1.165, 1.54) is 24.3 Å². The Morgan fingerprint density at radius 1 is 1.07 bits per heavy atom. The predicted molar refractivity (Wildman–Crippen MR) is 95.5 cm³/mol. The summed E-state index contributed by atoms with van der Waals surface area (Å²) < 4.78 is 39.0. The molecule has 1 amide bonds. The summed E-state index contributed by atoms with van der Waals surface area (Å²) in [5, 5.41) is 12.4. The van der Waals surface area contributed by atoms with Crippen molar-refractivity contribution >= 4 is 11.6 Å². The Kier molecular flexibility index (Phi) is 5.16. The molecule has 5 nitrogen and oxygen atoms in total. The van der Waals surface area contributed by atoms with Crippen LogP contribution in [0.15, 0.2) is 64.8 Å². The van der Waals surface area contributed by atoms with Gasteiger partial charge in [0.2, 0.25) is 0 Å². The molecule has 27 heavy (non-hydrogen) atoms. The van der Waals surface area contributed by atoms with Gasteiger partial charge in [0, 0.05) is 29.4 Å². The largest absolute Gasteiger partial charge is 0.442 e. The molecule has 1 unspecified atom stereocenters. The third kappa shape index (κ3) is 4.10. The van der Waals surface area contributed by atoms with Crippen molar-refractivity contribution < 1.29 is 18.0 Å². The Hall–Kier alpha value is -2.90. The minimum atomic E-state index is -4.58. The van der Waals surface area contributed by atoms with Crippen molar-refractivity contribution in [3.63, 3.8) is 0 Å². The molecule has 2 N–H and O–H groups in total. The Bertz CT molecular complexity index is 813. The molecule has 2 aromatic carbocycles. The Morgan fingerprint density at radius 3 is 2.22 bits per heavy atom. The Balaban J connectivity index is 1.60. The van der Waals surface area contributed by atoms with Crippen molar-refractivity contribution in [2.24, 2.45) is 10.2 Å². The van der Waals surface area contributed by atoms with E-state index in [0.29, 0.717) is 13.0 Å². The fourth-order valence-electron chi connectivity index (χ4n) is 2.66. The summed E-state index contributed by atoms with van der Waals surface area (Å²) in [7, 11) is 0. The van der Waals surface area contributed by atoms with Gasteiger partial charge in [-0.1, -0.05) is 37.3 Å². The quantitative estimate of drug-likeness (QED) is 0.748. The number of nitrogens with zero attached hydrogens (tertiary/aromatic N) is 2. The minimum absolute atomic E-state index is 0.0932. The summed E-state index contributed by atoms with van der Waals surface area (Å²) in [6.07, 6.45) is -3.87. The predicted octanol–water partition coefficient (Wildman–Crippen LogP) is 4.49. The van der Waals surface area contributed by atoms with Gasteiger partial charge in [0.25, 0.3) is 5.91 Å². The summed E-state index contributed by atoms with van der Waals surface area (Å²) >= 11 is 0. The summed E-state index contributed by atoms with van der Waals surface area (Å²) in [6, 6.07) is 14.7. The van der Waals surface area contributed by atoms with Crippen molar-refractivity contribution in [3.05, 3.63) is 65.7 Å². The fraction of sp³-hybridized carbons (Fsp3) is 0.316. The van der Waals surface area contributed by atoms with Crippen molar-refractivity contribution in [2.45, 2.75) is 31.2 Å². The first-order valence-electron chi connectivity index (χ1n) is 8.57. The third-order valence-corrected chi connectivity index (χ3v) is 4.40. The number of amides is 1. The van der Waals surface area contributed by atoms with Crippen molar-refractivity contribution in [3.8, 4) is 0 Å². The average molecular weight is 376 g/mol. The molecule has 1 heterocycles. The highest BCUT2D eigenvalue weighted by molar-refractivity contribution is 5.94. The van der Waals surface area contributed by atoms with E-state index in [2.05, 4.69) is 20.9 Å². The summed E-state index contributed by atoms with van der Waals surface area (Å²) in [4.78, 5) is 12.4. The molecule has 0 aliphatic carbocycles. The number of carbonyl (C=O) groups is 1. The number of nitrogens with one attached hydrogen (secondary N) is 2. The van der Waals surface area contributed by atoms with Crippen LogP contribution in [0.25, 0.3) is 0 Å². The smallest absolute Gasteiger partial charge is 0.383 e. The number of anilines is 1. The number of carbonyl (C=O) groups excluding carboxylic acids is 1. The van der Waals surface area contributed by atoms with Crippen molar-refractivity contribution in [1.29, 1.82) is 0 Å². The third-order valence-electron chi connectivity index (χ3n) is 4.40. The minimum Gasteiger partial charge on any atom is -0.383 e. The van der Waals surface area contributed by atoms with Crippen LogP contribution in [-0.4, -0.2) is 24.7 Å². The molecule has 0 saturated heterocycles. The maximum Gasteiger partial charge on any atom is 0.442 e. The molecule has 0 fully saturated rings. The van der Waals surface area contributed by atoms with E-state index >= 15 is 0 Å². The fourth-order valence-corrected chi connectivity index (χ4v) is 2.66. The van der Waals surface area contributed by atoms with Gasteiger partial charge in [0.05, 0.1) is 0 Å². The number of halogens is 3. The van der Waals surface area contributed by atoms with Crippen molar-refractivity contribution in [1.82, 2.24) is 5.32 Å². The zero-order chi connectivity index (χ0) is 19.5. The molecule has 2 aromatic rings. The lowest BCUT2D eigenvalue weighted by Gasteiger charge is -2.19. The first kappa shape index (κ1) is 18.9. The van der Waals surface area contributed by atoms with E-state index in [1.54, 1.807) is 0 Å². The van der Waals surface area contributed by atoms with Gasteiger partial charge in [-0.3, -0.25) is 4.79 Å². The SMILES string of the molecule is CCC(CNc1ccccc1)NC(=O)c1ccc(C2(C(F)(F)F)N=N2)cc1. The topological polar surface area (TPSA) is 65.8 Å². The molecular formula is C19H19F3N4O. The van der Waals surface area contributed by atoms with Crippen LogP contribution in [0.1, 0.15) is 29.3 Å². The van der Waals surface area contributed by atoms with E-state index in [1.807, 2.05) is 37.3 Å². The summed E-state index contributed by atoms with van der Waals surface area (Å²) in [5.41, 5.74) is -1.32. The monoisotopic (exact) mass is 376 g/mol. The molecule has 142 valence electrons. The maximum atomic E-state index is 13.0. The highest BCUT2D eigenvalue weighted by atomic mass is 19.4. The van der Waals surface area contributed by atoms with E-state index in [0.717, 1.165) is 5.69 Å². The average Bonchev–Trinajstić information content (AvgIpc) is 3.48. The molecule has 1 atom stereocenters. The first-order chi connectivity index (χ1) is 12.9. The van der Waals surface area contributed by atoms with Crippen LogP contribution in [0.2, 0.25) is 0 Å². The molecule has 0 aromatic heterocycles. The number of benzene rings is 2. The van der Waals surface area contributed by atoms with Gasteiger partial charge in [-0.25, -0.2) is 0 Å². The highest BCUT2D eigenvalue weighted by Crippen LogP contribution is 2.52. The van der Waals surface area contributed by atoms with Gasteiger partial charge in [-0.2, -0.15) is 13.2 Å². The van der Waals surface area contributed by atoms with Crippen LogP contribution in [-0.2, 0) is 5.66 Å². The lowest BCUT2D eigenvalue weighted by atomic mass is 10.0. The molecule has 0 bridgehead atoms. The summed E-state index contributed by atoms with van der Waals surface area (Å²) in [6.45, 7) is 2.49. The normalized spacial score (nSPS) is 15.9. The van der Waals surface area contributed by atoms with Crippen LogP contribution >= 0.6 is 0 Å². The Morgan fingerprint density at radius 2 is 1.70 bits per heavy atom. The van der Waals surface area contributed by atoms with Crippen LogP contribution < -0.4 is 10.6 Å². The van der Waals surface area contributed by atoms with Crippen LogP contribution in [0, 0.1) is 0 Å². The van der Waals surface area contributed by atoms with E-state index in [4.69, 9.17) is 0 Å². The van der Waals surface area contributed by atoms with Gasteiger partial charge < -0.3 is 10.6 Å². The number of para-hydroxylation sites is 1. The van der Waals surface area contributed by atoms with Gasteiger partial charge >= 0.3 is 11.8 Å². The number of rotatable bonds is 7. The molecule has 0 saturated carbocycles. The van der Waals surface area contributed by atoms with Gasteiger partial charge in [-0.05, 0) is 30.7 Å². The lowest BCUT2D eigenvalue weighted by molar-refractivity contribution is -0.166. The maximum absolute atomic E-state index is 13.0. The molecule has 0 radical (unpaired) electrons. The highest BCUT2D eigenvalue weighted by Gasteiger charge is 2.65. The standard InChI is InChI=1S/C19H19F3N4O/c1-2-15(12-23-16-6-4-3-5-7-16)24-17(27)13-8-10-14(11-9-13)18(25-26-18)19(20,21)22/h3-11,15,23H,2,12H2,1H3,(H,24,27). The second-order valence-corrected chi connectivity index (χ2v) is 6.27. The molecule has 1 aliphatic heterocycles. The zero-order valence-electron chi connectivity index (χ0n) is 14.6. The second-order valence-electron chi connectivity index (χ2n) is 6.27. The van der Waals surface area contributed by atoms with Gasteiger partial charge in [-0.15, -0.1) is 10.2 Å². The second kappa shape index (κ2) is 7.38. The molecule has 0 spiro atoms. The summed E-state index contributed by atoms with van der Waals surface area (Å²) in [5.74, 6) is -0.339. The van der Waals surface area contributed by atoms with E-state index < -0.39 is 11.8 Å². The van der Waals surface area contributed by atoms with Gasteiger partial charge in [0.1, 0.15) is 0 Å². The molecular weight excluding hydrogens is 357 g/mol. The first-order valence-corrected chi connectivity index (χ1v) is 8.57. The van der Waals surface area contributed by atoms with Crippen molar-refractivity contribution in [2.75, 3.05) is 11.9 Å². The Labute approximate surface area is 154 Å². The molecule has 3 rings (SSSR count). The van der Waals surface area contributed by atoms with E-state index in [9.17, 15) is 18.0 Å². The van der Waals surface area contributed by atoms with E-state index in [-0.39, 0.29) is 23.1 Å². The zero-order valence-corrected chi connectivity index (χ0v) is 14.6. The molecule has 1 aliphatic rings. The van der Waals surface area contributed by atoms with Crippen LogP contribution in [0.3, 0.4) is 0 Å².